The number of nitrogens with one attached hydrogen (secondary N) is 1. The highest BCUT2D eigenvalue weighted by Crippen LogP contribution is 2.33. The summed E-state index contributed by atoms with van der Waals surface area (Å²) in [5.41, 5.74) is 3.37. The van der Waals surface area contributed by atoms with E-state index < -0.39 is 0 Å². The second-order valence-electron chi connectivity index (χ2n) is 9.93. The lowest BCUT2D eigenvalue weighted by atomic mass is 9.91. The molecular formula is C27H36ClFN8O. The van der Waals surface area contributed by atoms with Crippen molar-refractivity contribution in [2.45, 2.75) is 51.9 Å². The van der Waals surface area contributed by atoms with Crippen LogP contribution in [0.25, 0.3) is 33.8 Å². The monoisotopic (exact) mass is 542 g/mol. The molecule has 4 aromatic heterocycles. The summed E-state index contributed by atoms with van der Waals surface area (Å²) < 4.78 is 12.8. The molecule has 11 heteroatoms. The predicted molar refractivity (Wildman–Crippen MR) is 150 cm³/mol. The SMILES string of the molecule is CC1CCCCC1.CF.Cn1nc(-c2cc3nc(N4CCCC4)n(C)c3c(-c3cncc(Cl)c3)n2)[nH]c1=O. The Morgan fingerprint density at radius 1 is 1.00 bits per heavy atom. The minimum Gasteiger partial charge on any atom is -0.342 e. The fourth-order valence-corrected chi connectivity index (χ4v) is 5.29. The van der Waals surface area contributed by atoms with Crippen molar-refractivity contribution in [3.05, 3.63) is 40.0 Å². The number of nitrogens with zero attached hydrogens (tertiary/aromatic N) is 7. The van der Waals surface area contributed by atoms with E-state index in [9.17, 15) is 9.18 Å². The third-order valence-electron chi connectivity index (χ3n) is 7.10. The molecule has 38 heavy (non-hydrogen) atoms. The second-order valence-corrected chi connectivity index (χ2v) is 10.4. The number of aromatic amines is 1. The number of hydrogen-bond donors (Lipinski definition) is 1. The van der Waals surface area contributed by atoms with Gasteiger partial charge >= 0.3 is 5.69 Å². The van der Waals surface area contributed by atoms with Crippen LogP contribution in [-0.4, -0.2) is 54.6 Å². The summed E-state index contributed by atoms with van der Waals surface area (Å²) >= 11 is 6.19. The van der Waals surface area contributed by atoms with Crippen molar-refractivity contribution in [2.75, 3.05) is 25.2 Å². The summed E-state index contributed by atoms with van der Waals surface area (Å²) in [6, 6.07) is 3.68. The zero-order valence-corrected chi connectivity index (χ0v) is 23.3. The smallest absolute Gasteiger partial charge is 0.342 e. The number of rotatable bonds is 3. The molecule has 5 heterocycles. The summed E-state index contributed by atoms with van der Waals surface area (Å²) in [7, 11) is 4.09. The second kappa shape index (κ2) is 12.5. The van der Waals surface area contributed by atoms with Crippen molar-refractivity contribution in [3.63, 3.8) is 0 Å². The number of fused-ring (bicyclic) bond motifs is 1. The highest BCUT2D eigenvalue weighted by Gasteiger charge is 2.23. The Bertz CT molecular complexity index is 1420. The largest absolute Gasteiger partial charge is 0.343 e. The van der Waals surface area contributed by atoms with Gasteiger partial charge in [-0.3, -0.25) is 14.4 Å². The lowest BCUT2D eigenvalue weighted by molar-refractivity contribution is 0.385. The first-order chi connectivity index (χ1) is 18.4. The number of halogens is 2. The molecule has 204 valence electrons. The minimum absolute atomic E-state index is 0.299. The van der Waals surface area contributed by atoms with Gasteiger partial charge in [-0.25, -0.2) is 19.4 Å². The van der Waals surface area contributed by atoms with Crippen molar-refractivity contribution in [2.24, 2.45) is 20.0 Å². The van der Waals surface area contributed by atoms with Gasteiger partial charge in [0.2, 0.25) is 5.95 Å². The highest BCUT2D eigenvalue weighted by atomic mass is 35.5. The summed E-state index contributed by atoms with van der Waals surface area (Å²) in [4.78, 5) is 30.8. The Kier molecular flexibility index (Phi) is 9.14. The maximum Gasteiger partial charge on any atom is 0.343 e. The van der Waals surface area contributed by atoms with Gasteiger partial charge in [0.15, 0.2) is 5.82 Å². The fourth-order valence-electron chi connectivity index (χ4n) is 5.11. The Balaban J connectivity index is 0.000000321. The van der Waals surface area contributed by atoms with E-state index in [0.717, 1.165) is 54.4 Å². The summed E-state index contributed by atoms with van der Waals surface area (Å²) in [6.07, 6.45) is 13.1. The van der Waals surface area contributed by atoms with E-state index in [0.29, 0.717) is 29.4 Å². The number of alkyl halides is 1. The van der Waals surface area contributed by atoms with Crippen LogP contribution in [0.4, 0.5) is 10.3 Å². The van der Waals surface area contributed by atoms with Crippen LogP contribution in [0.2, 0.25) is 5.02 Å². The molecule has 0 atom stereocenters. The number of aryl methyl sites for hydroxylation is 2. The van der Waals surface area contributed by atoms with Gasteiger partial charge in [0, 0.05) is 45.1 Å². The van der Waals surface area contributed by atoms with Crippen LogP contribution in [0.3, 0.4) is 0 Å². The first-order valence-corrected chi connectivity index (χ1v) is 13.5. The zero-order chi connectivity index (χ0) is 27.2. The lowest BCUT2D eigenvalue weighted by Crippen LogP contribution is -2.21. The van der Waals surface area contributed by atoms with E-state index >= 15 is 0 Å². The van der Waals surface area contributed by atoms with Crippen molar-refractivity contribution in [1.82, 2.24) is 34.3 Å². The number of pyridine rings is 2. The lowest BCUT2D eigenvalue weighted by Gasteiger charge is -2.16. The van der Waals surface area contributed by atoms with Gasteiger partial charge in [0.1, 0.15) is 5.69 Å². The van der Waals surface area contributed by atoms with Gasteiger partial charge in [0.25, 0.3) is 0 Å². The molecule has 6 rings (SSSR count). The summed E-state index contributed by atoms with van der Waals surface area (Å²) in [5, 5.41) is 4.77. The molecule has 2 aliphatic rings. The standard InChI is InChI=1S/C19H19ClN8O.C7H14.CH3F/c1-26-16-13(23-18(26)28-5-3-4-6-28)8-14(17-24-19(29)27(2)25-17)22-15(16)11-7-12(20)10-21-9-11;1-7-5-3-2-4-6-7;1-2/h7-10H,3-6H2,1-2H3,(H,24,25,29);7H,2-6H2,1H3;1H3. The molecule has 0 bridgehead atoms. The molecule has 0 spiro atoms. The van der Waals surface area contributed by atoms with Gasteiger partial charge < -0.3 is 9.47 Å². The fraction of sp³-hybridized carbons (Fsp3) is 0.519. The van der Waals surface area contributed by atoms with E-state index in [1.807, 2.05) is 19.2 Å². The molecule has 2 fully saturated rings. The van der Waals surface area contributed by atoms with E-state index in [2.05, 4.69) is 31.5 Å². The van der Waals surface area contributed by atoms with Gasteiger partial charge in [0.05, 0.1) is 28.9 Å². The average Bonchev–Trinajstić information content (AvgIpc) is 3.65. The van der Waals surface area contributed by atoms with Crippen molar-refractivity contribution in [1.29, 1.82) is 0 Å². The van der Waals surface area contributed by atoms with Crippen LogP contribution in [0, 0.1) is 5.92 Å². The van der Waals surface area contributed by atoms with E-state index in [-0.39, 0.29) is 5.69 Å². The van der Waals surface area contributed by atoms with Gasteiger partial charge in [-0.1, -0.05) is 50.6 Å². The molecule has 0 amide bonds. The molecule has 4 aromatic rings. The molecule has 0 unspecified atom stereocenters. The Hall–Kier alpha value is -3.27. The highest BCUT2D eigenvalue weighted by molar-refractivity contribution is 6.30. The molecule has 1 N–H and O–H groups in total. The minimum atomic E-state index is -0.299. The first-order valence-electron chi connectivity index (χ1n) is 13.2. The van der Waals surface area contributed by atoms with Gasteiger partial charge in [-0.2, -0.15) is 0 Å². The number of anilines is 1. The van der Waals surface area contributed by atoms with Crippen molar-refractivity contribution < 1.29 is 4.39 Å². The van der Waals surface area contributed by atoms with Gasteiger partial charge in [-0.15, -0.1) is 5.10 Å². The molecule has 1 aliphatic heterocycles. The molecular weight excluding hydrogens is 507 g/mol. The summed E-state index contributed by atoms with van der Waals surface area (Å²) in [5.74, 6) is 2.33. The molecule has 1 saturated heterocycles. The number of H-pyrrole nitrogens is 1. The maximum absolute atomic E-state index is 11.9. The van der Waals surface area contributed by atoms with E-state index in [4.69, 9.17) is 21.6 Å². The predicted octanol–water partition coefficient (Wildman–Crippen LogP) is 5.55. The molecule has 1 saturated carbocycles. The molecule has 0 aromatic carbocycles. The third-order valence-corrected chi connectivity index (χ3v) is 7.31. The van der Waals surface area contributed by atoms with Crippen LogP contribution in [-0.2, 0) is 14.1 Å². The molecule has 0 radical (unpaired) electrons. The third kappa shape index (κ3) is 6.06. The quantitative estimate of drug-likeness (QED) is 0.365. The Morgan fingerprint density at radius 2 is 1.71 bits per heavy atom. The normalized spacial score (nSPS) is 15.7. The number of hydrogen-bond acceptors (Lipinski definition) is 6. The van der Waals surface area contributed by atoms with Crippen LogP contribution in [0.15, 0.2) is 29.3 Å². The van der Waals surface area contributed by atoms with Crippen LogP contribution < -0.4 is 10.6 Å². The van der Waals surface area contributed by atoms with Crippen LogP contribution in [0.1, 0.15) is 51.9 Å². The average molecular weight is 543 g/mol. The first kappa shape index (κ1) is 27.8. The zero-order valence-electron chi connectivity index (χ0n) is 22.5. The number of imidazole rings is 1. The maximum atomic E-state index is 11.9. The molecule has 1 aliphatic carbocycles. The Labute approximate surface area is 227 Å². The van der Waals surface area contributed by atoms with Crippen molar-refractivity contribution in [3.8, 4) is 22.8 Å². The van der Waals surface area contributed by atoms with Crippen molar-refractivity contribution >= 4 is 28.6 Å². The topological polar surface area (TPSA) is 97.5 Å². The van der Waals surface area contributed by atoms with Crippen LogP contribution in [0.5, 0.6) is 0 Å². The number of aromatic nitrogens is 7. The van der Waals surface area contributed by atoms with E-state index in [1.165, 1.54) is 36.8 Å². The molecule has 9 nitrogen and oxygen atoms in total. The van der Waals surface area contributed by atoms with Gasteiger partial charge in [-0.05, 0) is 30.9 Å². The Morgan fingerprint density at radius 3 is 2.29 bits per heavy atom. The summed E-state index contributed by atoms with van der Waals surface area (Å²) in [6.45, 7) is 4.33. The van der Waals surface area contributed by atoms with Crippen LogP contribution >= 0.6 is 11.6 Å². The van der Waals surface area contributed by atoms with E-state index in [1.54, 1.807) is 19.4 Å².